The molecule has 17 heavy (non-hydrogen) atoms. The lowest BCUT2D eigenvalue weighted by Crippen LogP contribution is -2.53. The molecule has 4 nitrogen and oxygen atoms in total. The lowest BCUT2D eigenvalue weighted by molar-refractivity contribution is -0.141. The number of carbonyl (C=O) groups is 1. The van der Waals surface area contributed by atoms with Crippen molar-refractivity contribution in [3.05, 3.63) is 28.7 Å². The minimum atomic E-state index is -0.343. The number of aliphatic hydroxyl groups is 1. The van der Waals surface area contributed by atoms with Crippen LogP contribution in [0.4, 0.5) is 0 Å². The summed E-state index contributed by atoms with van der Waals surface area (Å²) in [6.07, 6.45) is 0.00382. The summed E-state index contributed by atoms with van der Waals surface area (Å²) >= 11 is 3.35. The Morgan fingerprint density at radius 1 is 1.53 bits per heavy atom. The van der Waals surface area contributed by atoms with Crippen molar-refractivity contribution in [3.63, 3.8) is 0 Å². The molecule has 1 fully saturated rings. The number of hydrogen-bond acceptors (Lipinski definition) is 3. The number of ether oxygens (including phenoxy) is 1. The van der Waals surface area contributed by atoms with E-state index in [9.17, 15) is 4.79 Å². The highest BCUT2D eigenvalue weighted by molar-refractivity contribution is 9.10. The third-order valence-electron chi connectivity index (χ3n) is 2.60. The van der Waals surface area contributed by atoms with E-state index in [-0.39, 0.29) is 12.0 Å². The van der Waals surface area contributed by atoms with Crippen molar-refractivity contribution in [1.82, 2.24) is 4.90 Å². The Balaban J connectivity index is 1.71. The number of aliphatic hydroxyl groups excluding tert-OH is 1. The Hall–Kier alpha value is -1.07. The second-order valence-corrected chi connectivity index (χ2v) is 4.92. The zero-order chi connectivity index (χ0) is 12.3. The first-order chi connectivity index (χ1) is 8.15. The van der Waals surface area contributed by atoms with E-state index in [1.54, 1.807) is 4.90 Å². The molecule has 1 aromatic carbocycles. The van der Waals surface area contributed by atoms with Crippen molar-refractivity contribution in [1.29, 1.82) is 0 Å². The van der Waals surface area contributed by atoms with Gasteiger partial charge >= 0.3 is 0 Å². The van der Waals surface area contributed by atoms with Crippen LogP contribution in [0, 0.1) is 0 Å². The maximum absolute atomic E-state index is 11.6. The first-order valence-corrected chi connectivity index (χ1v) is 6.28. The van der Waals surface area contributed by atoms with Gasteiger partial charge in [-0.2, -0.15) is 0 Å². The van der Waals surface area contributed by atoms with Gasteiger partial charge < -0.3 is 14.7 Å². The lowest BCUT2D eigenvalue weighted by atomic mass is 10.1. The van der Waals surface area contributed by atoms with Crippen LogP contribution in [0.1, 0.15) is 6.42 Å². The van der Waals surface area contributed by atoms with Gasteiger partial charge in [-0.15, -0.1) is 0 Å². The third-order valence-corrected chi connectivity index (χ3v) is 3.09. The van der Waals surface area contributed by atoms with E-state index in [4.69, 9.17) is 9.84 Å². The molecule has 0 aliphatic carbocycles. The molecule has 1 heterocycles. The quantitative estimate of drug-likeness (QED) is 0.915. The molecule has 0 unspecified atom stereocenters. The van der Waals surface area contributed by atoms with Gasteiger partial charge in [0.1, 0.15) is 5.75 Å². The first kappa shape index (κ1) is 12.4. The molecule has 1 saturated heterocycles. The minimum Gasteiger partial charge on any atom is -0.493 e. The van der Waals surface area contributed by atoms with Gasteiger partial charge in [0.2, 0.25) is 5.91 Å². The Morgan fingerprint density at radius 2 is 2.29 bits per heavy atom. The molecule has 1 aliphatic rings. The summed E-state index contributed by atoms with van der Waals surface area (Å²) < 4.78 is 6.41. The van der Waals surface area contributed by atoms with Gasteiger partial charge in [-0.1, -0.05) is 22.0 Å². The van der Waals surface area contributed by atoms with E-state index in [0.29, 0.717) is 26.1 Å². The number of β-amino-alcohol motifs (C(OH)–C–C–N with tert-alkyl or cyclic N) is 1. The molecule has 0 bridgehead atoms. The number of benzene rings is 1. The number of halogens is 1. The summed E-state index contributed by atoms with van der Waals surface area (Å²) in [4.78, 5) is 13.2. The van der Waals surface area contributed by atoms with Crippen molar-refractivity contribution in [2.75, 3.05) is 19.7 Å². The normalized spacial score (nSPS) is 15.5. The van der Waals surface area contributed by atoms with E-state index >= 15 is 0 Å². The van der Waals surface area contributed by atoms with Gasteiger partial charge in [-0.05, 0) is 18.2 Å². The molecule has 0 aromatic heterocycles. The van der Waals surface area contributed by atoms with E-state index in [1.165, 1.54) is 0 Å². The molecule has 5 heteroatoms. The predicted octanol–water partition coefficient (Wildman–Crippen LogP) is 1.42. The molecule has 0 radical (unpaired) electrons. The zero-order valence-corrected chi connectivity index (χ0v) is 10.9. The monoisotopic (exact) mass is 299 g/mol. The number of amides is 1. The molecule has 0 saturated carbocycles. The molecule has 1 N–H and O–H groups in total. The van der Waals surface area contributed by atoms with Crippen LogP contribution in [0.3, 0.4) is 0 Å². The Morgan fingerprint density at radius 3 is 2.94 bits per heavy atom. The maximum Gasteiger partial charge on any atom is 0.226 e. The second kappa shape index (κ2) is 5.51. The highest BCUT2D eigenvalue weighted by Gasteiger charge is 2.28. The largest absolute Gasteiger partial charge is 0.493 e. The maximum atomic E-state index is 11.6. The molecule has 2 rings (SSSR count). The highest BCUT2D eigenvalue weighted by atomic mass is 79.9. The van der Waals surface area contributed by atoms with Crippen molar-refractivity contribution in [2.24, 2.45) is 0 Å². The van der Waals surface area contributed by atoms with Crippen LogP contribution in [0.15, 0.2) is 28.7 Å². The molecule has 1 amide bonds. The number of nitrogens with zero attached hydrogens (tertiary/aromatic N) is 1. The molecule has 0 atom stereocenters. The van der Waals surface area contributed by atoms with Gasteiger partial charge in [0.15, 0.2) is 0 Å². The summed E-state index contributed by atoms with van der Waals surface area (Å²) in [5.41, 5.74) is 0. The predicted molar refractivity (Wildman–Crippen MR) is 66.8 cm³/mol. The van der Waals surface area contributed by atoms with E-state index in [1.807, 2.05) is 24.3 Å². The SMILES string of the molecule is O=C(CCOc1cccc(Br)c1)N1CC(O)C1. The number of carbonyl (C=O) groups excluding carboxylic acids is 1. The van der Waals surface area contributed by atoms with E-state index in [2.05, 4.69) is 15.9 Å². The van der Waals surface area contributed by atoms with Crippen molar-refractivity contribution in [2.45, 2.75) is 12.5 Å². The first-order valence-electron chi connectivity index (χ1n) is 5.49. The van der Waals surface area contributed by atoms with Crippen molar-refractivity contribution >= 4 is 21.8 Å². The van der Waals surface area contributed by atoms with E-state index in [0.717, 1.165) is 10.2 Å². The summed E-state index contributed by atoms with van der Waals surface area (Å²) in [5.74, 6) is 0.779. The van der Waals surface area contributed by atoms with Gasteiger partial charge in [-0.3, -0.25) is 4.79 Å². The van der Waals surface area contributed by atoms with Gasteiger partial charge in [0.05, 0.1) is 19.1 Å². The fourth-order valence-corrected chi connectivity index (χ4v) is 2.01. The molecular formula is C12H14BrNO3. The van der Waals surface area contributed by atoms with Crippen molar-refractivity contribution in [3.8, 4) is 5.75 Å². The lowest BCUT2D eigenvalue weighted by Gasteiger charge is -2.35. The smallest absolute Gasteiger partial charge is 0.226 e. The summed E-state index contributed by atoms with van der Waals surface area (Å²) in [6.45, 7) is 1.27. The topological polar surface area (TPSA) is 49.8 Å². The van der Waals surface area contributed by atoms with Crippen LogP contribution >= 0.6 is 15.9 Å². The van der Waals surface area contributed by atoms with Gasteiger partial charge in [0.25, 0.3) is 0 Å². The number of hydrogen-bond donors (Lipinski definition) is 1. The van der Waals surface area contributed by atoms with Gasteiger partial charge in [-0.25, -0.2) is 0 Å². The van der Waals surface area contributed by atoms with Gasteiger partial charge in [0, 0.05) is 17.6 Å². The van der Waals surface area contributed by atoms with E-state index < -0.39 is 0 Å². The highest BCUT2D eigenvalue weighted by Crippen LogP contribution is 2.18. The third kappa shape index (κ3) is 3.44. The second-order valence-electron chi connectivity index (χ2n) is 4.01. The van der Waals surface area contributed by atoms with Crippen LogP contribution in [0.25, 0.3) is 0 Å². The molecular weight excluding hydrogens is 286 g/mol. The summed E-state index contributed by atoms with van der Waals surface area (Å²) in [7, 11) is 0. The van der Waals surface area contributed by atoms with Crippen molar-refractivity contribution < 1.29 is 14.6 Å². The van der Waals surface area contributed by atoms with Crippen LogP contribution < -0.4 is 4.74 Å². The average molecular weight is 300 g/mol. The average Bonchev–Trinajstić information content (AvgIpc) is 2.25. The fourth-order valence-electron chi connectivity index (χ4n) is 1.63. The number of likely N-dealkylation sites (tertiary alicyclic amines) is 1. The van der Waals surface area contributed by atoms with Crippen LogP contribution in [-0.2, 0) is 4.79 Å². The molecule has 1 aliphatic heterocycles. The summed E-state index contributed by atoms with van der Waals surface area (Å²) in [5, 5.41) is 9.07. The summed E-state index contributed by atoms with van der Waals surface area (Å²) in [6, 6.07) is 7.51. The minimum absolute atomic E-state index is 0.0327. The van der Waals surface area contributed by atoms with Crippen LogP contribution in [-0.4, -0.2) is 41.7 Å². The zero-order valence-electron chi connectivity index (χ0n) is 9.30. The standard InChI is InChI=1S/C12H14BrNO3/c13-9-2-1-3-11(6-9)17-5-4-12(16)14-7-10(15)8-14/h1-3,6,10,15H,4-5,7-8H2. The Kier molecular flexibility index (Phi) is 4.02. The molecule has 92 valence electrons. The molecule has 0 spiro atoms. The Bertz CT molecular complexity index is 404. The fraction of sp³-hybridized carbons (Fsp3) is 0.417. The Labute approximate surface area is 108 Å². The molecule has 1 aromatic rings. The number of rotatable bonds is 4. The van der Waals surface area contributed by atoms with Crippen LogP contribution in [0.5, 0.6) is 5.75 Å². The van der Waals surface area contributed by atoms with Crippen LogP contribution in [0.2, 0.25) is 0 Å².